The molecule has 172 valence electrons. The lowest BCUT2D eigenvalue weighted by Crippen LogP contribution is -2.42. The smallest absolute Gasteiger partial charge is 0.352 e. The van der Waals surface area contributed by atoms with Gasteiger partial charge in [-0.25, -0.2) is 27.3 Å². The third kappa shape index (κ3) is 5.05. The molecular formula is C19H17F5N4O3S. The zero-order chi connectivity index (χ0) is 23.9. The van der Waals surface area contributed by atoms with Crippen molar-refractivity contribution in [2.24, 2.45) is 5.14 Å². The van der Waals surface area contributed by atoms with Crippen LogP contribution < -0.4 is 15.4 Å². The van der Waals surface area contributed by atoms with Crippen LogP contribution in [0.1, 0.15) is 22.3 Å². The highest BCUT2D eigenvalue weighted by molar-refractivity contribution is 7.89. The van der Waals surface area contributed by atoms with Gasteiger partial charge in [-0.2, -0.15) is 13.2 Å². The molecule has 3 N–H and O–H groups in total. The number of hydrogen-bond acceptors (Lipinski definition) is 5. The van der Waals surface area contributed by atoms with Gasteiger partial charge in [0.05, 0.1) is 16.0 Å². The van der Waals surface area contributed by atoms with Gasteiger partial charge in [-0.1, -0.05) is 12.6 Å². The molecule has 0 aliphatic carbocycles. The molecule has 0 bridgehead atoms. The van der Waals surface area contributed by atoms with Crippen LogP contribution in [-0.2, 0) is 16.2 Å². The summed E-state index contributed by atoms with van der Waals surface area (Å²) in [6.45, 7) is 2.62. The minimum absolute atomic E-state index is 0.0560. The maximum atomic E-state index is 13.8. The lowest BCUT2D eigenvalue weighted by atomic mass is 10.0. The minimum atomic E-state index is -4.81. The monoisotopic (exact) mass is 476 g/mol. The minimum Gasteiger partial charge on any atom is -0.352 e. The Kier molecular flexibility index (Phi) is 6.00. The first kappa shape index (κ1) is 23.6. The van der Waals surface area contributed by atoms with Crippen molar-refractivity contribution < 1.29 is 35.2 Å². The first-order chi connectivity index (χ1) is 14.7. The molecule has 1 aromatic heterocycles. The van der Waals surface area contributed by atoms with Crippen LogP contribution in [0.15, 0.2) is 53.6 Å². The number of alkyl halides is 5. The van der Waals surface area contributed by atoms with E-state index in [0.29, 0.717) is 12.3 Å². The summed E-state index contributed by atoms with van der Waals surface area (Å²) in [5.41, 5.74) is -2.26. The number of anilines is 2. The molecule has 7 nitrogen and oxygen atoms in total. The second-order valence-corrected chi connectivity index (χ2v) is 8.66. The quantitative estimate of drug-likeness (QED) is 0.520. The Hall–Kier alpha value is -3.06. The molecule has 0 radical (unpaired) electrons. The summed E-state index contributed by atoms with van der Waals surface area (Å²) in [6.07, 6.45) is -4.96. The summed E-state index contributed by atoms with van der Waals surface area (Å²) >= 11 is 0. The number of carbonyl (C=O) groups is 1. The zero-order valence-corrected chi connectivity index (χ0v) is 17.1. The molecular weight excluding hydrogens is 459 g/mol. The highest BCUT2D eigenvalue weighted by Gasteiger charge is 2.40. The number of sulfonamides is 1. The summed E-state index contributed by atoms with van der Waals surface area (Å²) in [6, 6.07) is 5.32. The number of aromatic nitrogens is 1. The number of halogens is 5. The molecule has 0 spiro atoms. The van der Waals surface area contributed by atoms with Crippen LogP contribution in [-0.4, -0.2) is 38.3 Å². The maximum Gasteiger partial charge on any atom is 0.417 e. The van der Waals surface area contributed by atoms with Gasteiger partial charge in [0, 0.05) is 37.0 Å². The second-order valence-electron chi connectivity index (χ2n) is 7.10. The summed E-state index contributed by atoms with van der Waals surface area (Å²) in [5, 5.41) is 7.33. The van der Waals surface area contributed by atoms with Gasteiger partial charge in [0.15, 0.2) is 0 Å². The van der Waals surface area contributed by atoms with E-state index in [4.69, 9.17) is 5.14 Å². The Morgan fingerprint density at radius 2 is 1.94 bits per heavy atom. The van der Waals surface area contributed by atoms with E-state index in [1.165, 1.54) is 23.1 Å². The number of benzene rings is 1. The van der Waals surface area contributed by atoms with Crippen molar-refractivity contribution in [3.8, 4) is 0 Å². The number of nitrogens with two attached hydrogens (primary N) is 1. The number of nitrogens with zero attached hydrogens (tertiary/aromatic N) is 2. The molecule has 0 saturated carbocycles. The first-order valence-electron chi connectivity index (χ1n) is 9.01. The lowest BCUT2D eigenvalue weighted by Gasteiger charge is -2.35. The largest absolute Gasteiger partial charge is 0.417 e. The van der Waals surface area contributed by atoms with Crippen LogP contribution in [0.2, 0.25) is 0 Å². The average molecular weight is 476 g/mol. The number of hydrogen-bond donors (Lipinski definition) is 2. The Balaban J connectivity index is 2.00. The molecule has 13 heteroatoms. The van der Waals surface area contributed by atoms with Gasteiger partial charge in [0.2, 0.25) is 10.0 Å². The molecule has 0 unspecified atom stereocenters. The van der Waals surface area contributed by atoms with Crippen molar-refractivity contribution in [2.45, 2.75) is 23.4 Å². The van der Waals surface area contributed by atoms with Gasteiger partial charge in [0.25, 0.3) is 11.8 Å². The Labute approximate surface area is 179 Å². The van der Waals surface area contributed by atoms with Crippen LogP contribution in [0.4, 0.5) is 33.5 Å². The zero-order valence-electron chi connectivity index (χ0n) is 16.3. The molecule has 2 aromatic rings. The molecule has 3 rings (SSSR count). The van der Waals surface area contributed by atoms with Gasteiger partial charge < -0.3 is 10.2 Å². The Morgan fingerprint density at radius 3 is 2.53 bits per heavy atom. The summed E-state index contributed by atoms with van der Waals surface area (Å²) < 4.78 is 90.1. The van der Waals surface area contributed by atoms with Crippen LogP contribution >= 0.6 is 0 Å². The second kappa shape index (κ2) is 8.13. The van der Waals surface area contributed by atoms with E-state index in [2.05, 4.69) is 16.9 Å². The molecule has 2 heterocycles. The Morgan fingerprint density at radius 1 is 1.25 bits per heavy atom. The fourth-order valence-electron chi connectivity index (χ4n) is 3.04. The number of primary sulfonamides is 1. The highest BCUT2D eigenvalue weighted by atomic mass is 32.2. The molecule has 1 aromatic carbocycles. The molecule has 1 saturated heterocycles. The van der Waals surface area contributed by atoms with Crippen molar-refractivity contribution in [1.82, 2.24) is 4.98 Å². The van der Waals surface area contributed by atoms with Crippen molar-refractivity contribution >= 4 is 27.4 Å². The van der Waals surface area contributed by atoms with Gasteiger partial charge >= 0.3 is 6.18 Å². The van der Waals surface area contributed by atoms with Crippen LogP contribution in [0.3, 0.4) is 0 Å². The number of rotatable bonds is 4. The van der Waals surface area contributed by atoms with Crippen molar-refractivity contribution in [3.05, 3.63) is 59.8 Å². The van der Waals surface area contributed by atoms with E-state index < -0.39 is 57.7 Å². The molecule has 0 atom stereocenters. The van der Waals surface area contributed by atoms with E-state index in [1.54, 1.807) is 0 Å². The lowest BCUT2D eigenvalue weighted by molar-refractivity contribution is -0.137. The van der Waals surface area contributed by atoms with Gasteiger partial charge in [-0.15, -0.1) is 0 Å². The first-order valence-corrected chi connectivity index (χ1v) is 10.6. The molecule has 1 aliphatic rings. The topological polar surface area (TPSA) is 105 Å². The molecule has 1 fully saturated rings. The third-order valence-electron chi connectivity index (χ3n) is 4.75. The summed E-state index contributed by atoms with van der Waals surface area (Å²) in [7, 11) is -4.10. The maximum absolute atomic E-state index is 13.8. The number of amides is 1. The van der Waals surface area contributed by atoms with Crippen molar-refractivity contribution in [2.75, 3.05) is 23.3 Å². The number of pyridine rings is 1. The number of nitrogens with one attached hydrogen (secondary N) is 1. The van der Waals surface area contributed by atoms with E-state index in [-0.39, 0.29) is 22.9 Å². The number of carbonyl (C=O) groups excluding carboxylic acids is 1. The van der Waals surface area contributed by atoms with Crippen LogP contribution in [0, 0.1) is 0 Å². The summed E-state index contributed by atoms with van der Waals surface area (Å²) in [4.78, 5) is 17.4. The van der Waals surface area contributed by atoms with E-state index in [9.17, 15) is 35.2 Å². The SMILES string of the molecule is C=C1CN(c2ncc(C(F)(F)F)cc2C(=O)Nc2cccc(S(N)(=O)=O)c2)CCC1(F)F. The van der Waals surface area contributed by atoms with E-state index in [0.717, 1.165) is 6.07 Å². The fourth-order valence-corrected chi connectivity index (χ4v) is 3.60. The molecule has 1 aliphatic heterocycles. The van der Waals surface area contributed by atoms with Gasteiger partial charge in [-0.05, 0) is 24.3 Å². The van der Waals surface area contributed by atoms with E-state index >= 15 is 0 Å². The predicted octanol–water partition coefficient (Wildman–Crippen LogP) is 3.40. The highest BCUT2D eigenvalue weighted by Crippen LogP contribution is 2.36. The number of piperidine rings is 1. The average Bonchev–Trinajstić information content (AvgIpc) is 2.68. The standard InChI is InChI=1S/C19H17F5N4O3S/c1-11-10-28(6-5-18(11,20)21)16-15(7-12(9-26-16)19(22,23)24)17(29)27-13-3-2-4-14(8-13)32(25,30)31/h2-4,7-9H,1,5-6,10H2,(H,27,29)(H2,25,30,31). The van der Waals surface area contributed by atoms with Crippen molar-refractivity contribution in [3.63, 3.8) is 0 Å². The fraction of sp³-hybridized carbons (Fsp3) is 0.263. The van der Waals surface area contributed by atoms with Gasteiger partial charge in [-0.3, -0.25) is 4.79 Å². The molecule has 1 amide bonds. The molecule has 32 heavy (non-hydrogen) atoms. The predicted molar refractivity (Wildman–Crippen MR) is 106 cm³/mol. The van der Waals surface area contributed by atoms with Gasteiger partial charge in [0.1, 0.15) is 5.82 Å². The third-order valence-corrected chi connectivity index (χ3v) is 5.66. The van der Waals surface area contributed by atoms with Crippen molar-refractivity contribution in [1.29, 1.82) is 0 Å². The van der Waals surface area contributed by atoms with E-state index in [1.807, 2.05) is 0 Å². The van der Waals surface area contributed by atoms with Crippen LogP contribution in [0.25, 0.3) is 0 Å². The van der Waals surface area contributed by atoms with Crippen LogP contribution in [0.5, 0.6) is 0 Å². The normalized spacial score (nSPS) is 16.7. The Bertz CT molecular complexity index is 1180. The summed E-state index contributed by atoms with van der Waals surface area (Å²) in [5.74, 6) is -4.43.